The number of amides is 2. The molecule has 0 aromatic carbocycles. The topological polar surface area (TPSA) is 116 Å². The number of nitrogens with zero attached hydrogens (tertiary/aromatic N) is 1. The fourth-order valence-corrected chi connectivity index (χ4v) is 2.00. The Morgan fingerprint density at radius 1 is 1.35 bits per heavy atom. The number of rotatable bonds is 5. The largest absolute Gasteiger partial charge is 0.480 e. The number of piperidine rings is 1. The molecule has 20 heavy (non-hydrogen) atoms. The van der Waals surface area contributed by atoms with Crippen LogP contribution in [-0.2, 0) is 14.3 Å². The zero-order valence-corrected chi connectivity index (χ0v) is 11.4. The second-order valence-corrected chi connectivity index (χ2v) is 4.54. The summed E-state index contributed by atoms with van der Waals surface area (Å²) in [6.07, 6.45) is 0.978. The van der Waals surface area contributed by atoms with E-state index in [0.717, 1.165) is 0 Å². The van der Waals surface area contributed by atoms with Gasteiger partial charge in [0.1, 0.15) is 0 Å². The molecule has 0 spiro atoms. The van der Waals surface area contributed by atoms with E-state index in [9.17, 15) is 14.4 Å². The van der Waals surface area contributed by atoms with Gasteiger partial charge in [-0.1, -0.05) is 0 Å². The maximum absolute atomic E-state index is 11.8. The van der Waals surface area contributed by atoms with Crippen molar-refractivity contribution in [1.82, 2.24) is 10.2 Å². The van der Waals surface area contributed by atoms with E-state index in [2.05, 4.69) is 5.32 Å². The van der Waals surface area contributed by atoms with Gasteiger partial charge in [0.05, 0.1) is 19.1 Å². The number of carboxylic acids is 1. The van der Waals surface area contributed by atoms with Crippen LogP contribution in [0.4, 0.5) is 4.79 Å². The predicted molar refractivity (Wildman–Crippen MR) is 68.0 cm³/mol. The Morgan fingerprint density at radius 3 is 2.40 bits per heavy atom. The standard InChI is InChI=1S/C12H20N2O6/c1-2-20-11(18)8-3-5-14(6-4-8)12(19)13-9(7-15)10(16)17/h8-9,15H,2-7H2,1H3,(H,13,19)(H,16,17)/t9-/m0/s1. The van der Waals surface area contributed by atoms with E-state index in [1.165, 1.54) is 4.90 Å². The Balaban J connectivity index is 2.43. The van der Waals surface area contributed by atoms with Crippen LogP contribution in [0.2, 0.25) is 0 Å². The number of aliphatic carboxylic acids is 1. The van der Waals surface area contributed by atoms with Crippen LogP contribution in [0.25, 0.3) is 0 Å². The quantitative estimate of drug-likeness (QED) is 0.583. The molecule has 0 bridgehead atoms. The van der Waals surface area contributed by atoms with Gasteiger partial charge in [-0.3, -0.25) is 4.79 Å². The van der Waals surface area contributed by atoms with Gasteiger partial charge in [0.25, 0.3) is 0 Å². The molecule has 1 heterocycles. The predicted octanol–water partition coefficient (Wildman–Crippen LogP) is -0.583. The maximum atomic E-state index is 11.8. The lowest BCUT2D eigenvalue weighted by atomic mass is 9.97. The minimum absolute atomic E-state index is 0.216. The number of ether oxygens (including phenoxy) is 1. The molecule has 0 aliphatic carbocycles. The Hall–Kier alpha value is -1.83. The van der Waals surface area contributed by atoms with Crippen LogP contribution in [0.3, 0.4) is 0 Å². The molecule has 0 aromatic rings. The van der Waals surface area contributed by atoms with Crippen molar-refractivity contribution in [2.24, 2.45) is 5.92 Å². The zero-order chi connectivity index (χ0) is 15.1. The van der Waals surface area contributed by atoms with Gasteiger partial charge >= 0.3 is 18.0 Å². The van der Waals surface area contributed by atoms with Crippen molar-refractivity contribution in [3.63, 3.8) is 0 Å². The molecule has 8 nitrogen and oxygen atoms in total. The summed E-state index contributed by atoms with van der Waals surface area (Å²) in [5.41, 5.74) is 0. The van der Waals surface area contributed by atoms with Gasteiger partial charge in [-0.2, -0.15) is 0 Å². The number of hydrogen-bond donors (Lipinski definition) is 3. The number of aliphatic hydroxyl groups excluding tert-OH is 1. The zero-order valence-electron chi connectivity index (χ0n) is 11.4. The molecular formula is C12H20N2O6. The first-order valence-corrected chi connectivity index (χ1v) is 6.55. The first-order valence-electron chi connectivity index (χ1n) is 6.55. The Bertz CT molecular complexity index is 365. The number of esters is 1. The van der Waals surface area contributed by atoms with Crippen molar-refractivity contribution in [2.45, 2.75) is 25.8 Å². The summed E-state index contributed by atoms with van der Waals surface area (Å²) in [4.78, 5) is 35.5. The van der Waals surface area contributed by atoms with E-state index in [1.807, 2.05) is 0 Å². The van der Waals surface area contributed by atoms with E-state index >= 15 is 0 Å². The molecule has 1 rings (SSSR count). The lowest BCUT2D eigenvalue weighted by Crippen LogP contribution is -2.51. The van der Waals surface area contributed by atoms with Gasteiger partial charge in [0.15, 0.2) is 6.04 Å². The molecule has 8 heteroatoms. The van der Waals surface area contributed by atoms with Gasteiger partial charge in [-0.15, -0.1) is 0 Å². The van der Waals surface area contributed by atoms with Crippen molar-refractivity contribution < 1.29 is 29.3 Å². The summed E-state index contributed by atoms with van der Waals surface area (Å²) in [7, 11) is 0. The molecule has 0 radical (unpaired) electrons. The number of aliphatic hydroxyl groups is 1. The van der Waals surface area contributed by atoms with Crippen molar-refractivity contribution in [3.05, 3.63) is 0 Å². The highest BCUT2D eigenvalue weighted by Gasteiger charge is 2.29. The molecular weight excluding hydrogens is 268 g/mol. The third-order valence-corrected chi connectivity index (χ3v) is 3.18. The summed E-state index contributed by atoms with van der Waals surface area (Å²) in [5.74, 6) is -1.76. The number of likely N-dealkylation sites (tertiary alicyclic amines) is 1. The molecule has 3 N–H and O–H groups in total. The van der Waals surface area contributed by atoms with E-state index in [-0.39, 0.29) is 11.9 Å². The molecule has 1 atom stereocenters. The Kier molecular flexibility index (Phi) is 6.23. The van der Waals surface area contributed by atoms with E-state index in [1.54, 1.807) is 6.92 Å². The first-order chi connectivity index (χ1) is 9.49. The highest BCUT2D eigenvalue weighted by atomic mass is 16.5. The van der Waals surface area contributed by atoms with Gasteiger partial charge in [0, 0.05) is 13.1 Å². The molecule has 1 aliphatic rings. The van der Waals surface area contributed by atoms with Crippen LogP contribution in [0, 0.1) is 5.92 Å². The first kappa shape index (κ1) is 16.2. The van der Waals surface area contributed by atoms with Crippen molar-refractivity contribution >= 4 is 18.0 Å². The Morgan fingerprint density at radius 2 is 1.95 bits per heavy atom. The lowest BCUT2D eigenvalue weighted by Gasteiger charge is -2.31. The van der Waals surface area contributed by atoms with Gasteiger partial charge in [-0.25, -0.2) is 9.59 Å². The number of carboxylic acid groups (broad SMARTS) is 1. The van der Waals surface area contributed by atoms with Gasteiger partial charge in [0.2, 0.25) is 0 Å². The number of carbonyl (C=O) groups excluding carboxylic acids is 2. The second kappa shape index (κ2) is 7.68. The summed E-state index contributed by atoms with van der Waals surface area (Å²) in [5, 5.41) is 19.8. The Labute approximate surface area is 116 Å². The highest BCUT2D eigenvalue weighted by Crippen LogP contribution is 2.18. The fraction of sp³-hybridized carbons (Fsp3) is 0.750. The number of urea groups is 1. The molecule has 0 aromatic heterocycles. The average Bonchev–Trinajstić information content (AvgIpc) is 2.44. The van der Waals surface area contributed by atoms with Crippen LogP contribution in [0.15, 0.2) is 0 Å². The summed E-state index contributed by atoms with van der Waals surface area (Å²) in [6, 6.07) is -1.86. The lowest BCUT2D eigenvalue weighted by molar-refractivity contribution is -0.149. The average molecular weight is 288 g/mol. The molecule has 114 valence electrons. The van der Waals surface area contributed by atoms with E-state index in [4.69, 9.17) is 14.9 Å². The van der Waals surface area contributed by atoms with Crippen LogP contribution < -0.4 is 5.32 Å². The smallest absolute Gasteiger partial charge is 0.328 e. The highest BCUT2D eigenvalue weighted by molar-refractivity contribution is 5.83. The minimum Gasteiger partial charge on any atom is -0.480 e. The van der Waals surface area contributed by atoms with E-state index in [0.29, 0.717) is 32.5 Å². The summed E-state index contributed by atoms with van der Waals surface area (Å²) >= 11 is 0. The van der Waals surface area contributed by atoms with Crippen LogP contribution in [0.5, 0.6) is 0 Å². The normalized spacial score (nSPS) is 17.4. The van der Waals surface area contributed by atoms with Crippen molar-refractivity contribution in [2.75, 3.05) is 26.3 Å². The summed E-state index contributed by atoms with van der Waals surface area (Å²) in [6.45, 7) is 2.11. The molecule has 0 unspecified atom stereocenters. The third-order valence-electron chi connectivity index (χ3n) is 3.18. The van der Waals surface area contributed by atoms with E-state index < -0.39 is 24.6 Å². The maximum Gasteiger partial charge on any atom is 0.328 e. The number of carbonyl (C=O) groups is 3. The van der Waals surface area contributed by atoms with Crippen LogP contribution in [0.1, 0.15) is 19.8 Å². The summed E-state index contributed by atoms with van der Waals surface area (Å²) < 4.78 is 4.92. The minimum atomic E-state index is -1.31. The van der Waals surface area contributed by atoms with Crippen LogP contribution >= 0.6 is 0 Å². The molecule has 1 saturated heterocycles. The van der Waals surface area contributed by atoms with Gasteiger partial charge in [-0.05, 0) is 19.8 Å². The van der Waals surface area contributed by atoms with Crippen molar-refractivity contribution in [3.8, 4) is 0 Å². The van der Waals surface area contributed by atoms with Gasteiger partial charge < -0.3 is 25.2 Å². The fourth-order valence-electron chi connectivity index (χ4n) is 2.00. The molecule has 1 aliphatic heterocycles. The monoisotopic (exact) mass is 288 g/mol. The van der Waals surface area contributed by atoms with Crippen LogP contribution in [-0.4, -0.2) is 65.4 Å². The molecule has 0 saturated carbocycles. The molecule has 1 fully saturated rings. The van der Waals surface area contributed by atoms with Crippen molar-refractivity contribution in [1.29, 1.82) is 0 Å². The second-order valence-electron chi connectivity index (χ2n) is 4.54. The number of hydrogen-bond acceptors (Lipinski definition) is 5. The SMILES string of the molecule is CCOC(=O)C1CCN(C(=O)N[C@@H](CO)C(=O)O)CC1. The number of nitrogens with one attached hydrogen (secondary N) is 1. The molecule has 2 amide bonds. The third kappa shape index (κ3) is 4.37.